The van der Waals surface area contributed by atoms with E-state index in [1.165, 1.54) is 44.9 Å². The molecule has 0 aromatic heterocycles. The van der Waals surface area contributed by atoms with E-state index in [9.17, 15) is 0 Å². The molecule has 0 amide bonds. The quantitative estimate of drug-likeness (QED) is 0.681. The zero-order valence-corrected chi connectivity index (χ0v) is 9.76. The van der Waals surface area contributed by atoms with Crippen molar-refractivity contribution in [2.45, 2.75) is 70.9 Å². The monoisotopic (exact) mass is 195 g/mol. The lowest BCUT2D eigenvalue weighted by atomic mass is 9.93. The van der Waals surface area contributed by atoms with Gasteiger partial charge in [0.15, 0.2) is 0 Å². The van der Waals surface area contributed by atoms with Gasteiger partial charge in [-0.3, -0.25) is 0 Å². The van der Waals surface area contributed by atoms with Gasteiger partial charge in [-0.1, -0.05) is 32.6 Å². The van der Waals surface area contributed by atoms with Crippen LogP contribution in [-0.2, 0) is 0 Å². The van der Waals surface area contributed by atoms with Crippen LogP contribution in [0.3, 0.4) is 0 Å². The maximum atomic E-state index is 3.80. The van der Waals surface area contributed by atoms with Crippen LogP contribution in [0.4, 0.5) is 0 Å². The second-order valence-electron chi connectivity index (χ2n) is 5.53. The first-order valence-electron chi connectivity index (χ1n) is 6.53. The predicted octanol–water partition coefficient (Wildman–Crippen LogP) is 3.34. The van der Waals surface area contributed by atoms with E-state index in [2.05, 4.69) is 19.2 Å². The summed E-state index contributed by atoms with van der Waals surface area (Å²) in [6, 6.07) is 1.62. The molecule has 0 heterocycles. The van der Waals surface area contributed by atoms with E-state index in [0.717, 1.165) is 23.9 Å². The fraction of sp³-hybridized carbons (Fsp3) is 1.00. The van der Waals surface area contributed by atoms with Gasteiger partial charge in [0.25, 0.3) is 0 Å². The second-order valence-corrected chi connectivity index (χ2v) is 5.53. The van der Waals surface area contributed by atoms with Crippen molar-refractivity contribution in [3.05, 3.63) is 0 Å². The van der Waals surface area contributed by atoms with Crippen molar-refractivity contribution in [1.29, 1.82) is 0 Å². The summed E-state index contributed by atoms with van der Waals surface area (Å²) < 4.78 is 0. The minimum absolute atomic E-state index is 0.767. The highest BCUT2D eigenvalue weighted by molar-refractivity contribution is 4.92. The second kappa shape index (κ2) is 4.65. The van der Waals surface area contributed by atoms with Crippen LogP contribution in [0.2, 0.25) is 0 Å². The van der Waals surface area contributed by atoms with Gasteiger partial charge in [-0.15, -0.1) is 0 Å². The topological polar surface area (TPSA) is 12.0 Å². The van der Waals surface area contributed by atoms with Crippen molar-refractivity contribution >= 4 is 0 Å². The molecule has 2 saturated carbocycles. The van der Waals surface area contributed by atoms with Gasteiger partial charge < -0.3 is 5.32 Å². The molecule has 1 N–H and O–H groups in total. The molecular weight excluding hydrogens is 170 g/mol. The molecule has 0 spiro atoms. The number of rotatable bonds is 3. The first-order valence-corrected chi connectivity index (χ1v) is 6.53. The van der Waals surface area contributed by atoms with Crippen molar-refractivity contribution in [1.82, 2.24) is 5.32 Å². The molecule has 1 nitrogen and oxygen atoms in total. The summed E-state index contributed by atoms with van der Waals surface area (Å²) >= 11 is 0. The van der Waals surface area contributed by atoms with Crippen molar-refractivity contribution in [2.24, 2.45) is 11.8 Å². The van der Waals surface area contributed by atoms with E-state index < -0.39 is 0 Å². The first kappa shape index (κ1) is 10.5. The third-order valence-electron chi connectivity index (χ3n) is 4.19. The van der Waals surface area contributed by atoms with Crippen LogP contribution in [0.25, 0.3) is 0 Å². The highest BCUT2D eigenvalue weighted by Crippen LogP contribution is 2.32. The number of nitrogens with one attached hydrogen (secondary N) is 1. The van der Waals surface area contributed by atoms with E-state index in [4.69, 9.17) is 0 Å². The highest BCUT2D eigenvalue weighted by atomic mass is 15.0. The Kier molecular flexibility index (Phi) is 3.48. The zero-order valence-electron chi connectivity index (χ0n) is 9.76. The lowest BCUT2D eigenvalue weighted by Crippen LogP contribution is -2.35. The van der Waals surface area contributed by atoms with Gasteiger partial charge in [0.2, 0.25) is 0 Å². The Morgan fingerprint density at radius 3 is 2.14 bits per heavy atom. The van der Waals surface area contributed by atoms with Crippen molar-refractivity contribution in [3.63, 3.8) is 0 Å². The van der Waals surface area contributed by atoms with Gasteiger partial charge in [0.05, 0.1) is 0 Å². The van der Waals surface area contributed by atoms with Crippen molar-refractivity contribution in [3.8, 4) is 0 Å². The summed E-state index contributed by atoms with van der Waals surface area (Å²) in [6.45, 7) is 4.76. The number of hydrogen-bond donors (Lipinski definition) is 1. The van der Waals surface area contributed by atoms with Gasteiger partial charge in [0.1, 0.15) is 0 Å². The Bertz CT molecular complexity index is 170. The van der Waals surface area contributed by atoms with Gasteiger partial charge in [-0.05, 0) is 38.0 Å². The fourth-order valence-corrected chi connectivity index (χ4v) is 2.84. The van der Waals surface area contributed by atoms with Crippen LogP contribution >= 0.6 is 0 Å². The average Bonchev–Trinajstić information content (AvgIpc) is 2.89. The van der Waals surface area contributed by atoms with E-state index >= 15 is 0 Å². The Morgan fingerprint density at radius 2 is 1.64 bits per heavy atom. The SMILES string of the molecule is CC1CC1NC(C)C1CCCCCC1. The molecule has 2 aliphatic carbocycles. The summed E-state index contributed by atoms with van der Waals surface area (Å²) in [5.74, 6) is 1.91. The fourth-order valence-electron chi connectivity index (χ4n) is 2.84. The third kappa shape index (κ3) is 2.73. The molecule has 2 rings (SSSR count). The Balaban J connectivity index is 1.74. The van der Waals surface area contributed by atoms with Crippen LogP contribution < -0.4 is 5.32 Å². The molecule has 0 bridgehead atoms. The lowest BCUT2D eigenvalue weighted by molar-refractivity contribution is 0.332. The Morgan fingerprint density at radius 1 is 1.07 bits per heavy atom. The molecule has 0 saturated heterocycles. The lowest BCUT2D eigenvalue weighted by Gasteiger charge is -2.23. The van der Waals surface area contributed by atoms with Crippen molar-refractivity contribution < 1.29 is 0 Å². The third-order valence-corrected chi connectivity index (χ3v) is 4.19. The summed E-state index contributed by atoms with van der Waals surface area (Å²) in [6.07, 6.45) is 10.2. The summed E-state index contributed by atoms with van der Waals surface area (Å²) in [5.41, 5.74) is 0. The summed E-state index contributed by atoms with van der Waals surface area (Å²) in [5, 5.41) is 3.80. The van der Waals surface area contributed by atoms with Crippen LogP contribution in [0.15, 0.2) is 0 Å². The van der Waals surface area contributed by atoms with E-state index in [0.29, 0.717) is 0 Å². The highest BCUT2D eigenvalue weighted by Gasteiger charge is 2.34. The minimum Gasteiger partial charge on any atom is -0.311 e. The van der Waals surface area contributed by atoms with Gasteiger partial charge in [0, 0.05) is 12.1 Å². The molecule has 0 aromatic carbocycles. The van der Waals surface area contributed by atoms with E-state index in [1.54, 1.807) is 0 Å². The molecule has 0 aromatic rings. The number of hydrogen-bond acceptors (Lipinski definition) is 1. The van der Waals surface area contributed by atoms with Gasteiger partial charge >= 0.3 is 0 Å². The van der Waals surface area contributed by atoms with Crippen LogP contribution in [0, 0.1) is 11.8 Å². The molecule has 0 aliphatic heterocycles. The molecule has 0 radical (unpaired) electrons. The largest absolute Gasteiger partial charge is 0.311 e. The molecule has 14 heavy (non-hydrogen) atoms. The van der Waals surface area contributed by atoms with Crippen LogP contribution in [-0.4, -0.2) is 12.1 Å². The van der Waals surface area contributed by atoms with Crippen LogP contribution in [0.5, 0.6) is 0 Å². The van der Waals surface area contributed by atoms with Crippen molar-refractivity contribution in [2.75, 3.05) is 0 Å². The summed E-state index contributed by atoms with van der Waals surface area (Å²) in [4.78, 5) is 0. The Labute approximate surface area is 88.7 Å². The smallest absolute Gasteiger partial charge is 0.00989 e. The average molecular weight is 195 g/mol. The summed E-state index contributed by atoms with van der Waals surface area (Å²) in [7, 11) is 0. The van der Waals surface area contributed by atoms with Gasteiger partial charge in [-0.2, -0.15) is 0 Å². The normalized spacial score (nSPS) is 36.4. The molecule has 3 unspecified atom stereocenters. The zero-order chi connectivity index (χ0) is 9.97. The minimum atomic E-state index is 0.767. The molecular formula is C13H25N. The van der Waals surface area contributed by atoms with E-state index in [-0.39, 0.29) is 0 Å². The molecule has 1 heteroatoms. The standard InChI is InChI=1S/C13H25N/c1-10-9-13(10)14-11(2)12-7-5-3-4-6-8-12/h10-14H,3-9H2,1-2H3. The maximum absolute atomic E-state index is 3.80. The molecule has 2 aliphatic rings. The van der Waals surface area contributed by atoms with Crippen LogP contribution in [0.1, 0.15) is 58.8 Å². The maximum Gasteiger partial charge on any atom is 0.00989 e. The Hall–Kier alpha value is -0.0400. The predicted molar refractivity (Wildman–Crippen MR) is 61.4 cm³/mol. The van der Waals surface area contributed by atoms with E-state index in [1.807, 2.05) is 0 Å². The molecule has 2 fully saturated rings. The van der Waals surface area contributed by atoms with Gasteiger partial charge in [-0.25, -0.2) is 0 Å². The molecule has 82 valence electrons. The first-order chi connectivity index (χ1) is 6.77. The molecule has 3 atom stereocenters.